The van der Waals surface area contributed by atoms with Crippen molar-refractivity contribution in [3.8, 4) is 0 Å². The van der Waals surface area contributed by atoms with Crippen molar-refractivity contribution in [2.45, 2.75) is 6.54 Å². The number of hydrogen-bond donors (Lipinski definition) is 0. The van der Waals surface area contributed by atoms with Crippen LogP contribution in [0.5, 0.6) is 0 Å². The standard InChI is InChI=1S/C10H8N2O2/c13-6-5-12-7-11-9-4-2-1-3-8(9)10(12)14/h1-4,6-7H,5H2. The number of rotatable bonds is 2. The van der Waals surface area contributed by atoms with Crippen LogP contribution in [0.15, 0.2) is 35.4 Å². The van der Waals surface area contributed by atoms with Gasteiger partial charge >= 0.3 is 0 Å². The van der Waals surface area contributed by atoms with Gasteiger partial charge in [0.25, 0.3) is 5.56 Å². The second-order valence-electron chi connectivity index (χ2n) is 2.89. The molecule has 14 heavy (non-hydrogen) atoms. The Balaban J connectivity index is 2.75. The molecular weight excluding hydrogens is 180 g/mol. The highest BCUT2D eigenvalue weighted by Gasteiger charge is 2.01. The van der Waals surface area contributed by atoms with Crippen LogP contribution in [-0.4, -0.2) is 15.8 Å². The summed E-state index contributed by atoms with van der Waals surface area (Å²) in [5.41, 5.74) is 0.474. The second kappa shape index (κ2) is 3.41. The van der Waals surface area contributed by atoms with Crippen molar-refractivity contribution in [3.63, 3.8) is 0 Å². The number of hydrogen-bond acceptors (Lipinski definition) is 3. The summed E-state index contributed by atoms with van der Waals surface area (Å²) in [5, 5.41) is 0.539. The normalized spacial score (nSPS) is 10.3. The van der Waals surface area contributed by atoms with E-state index in [2.05, 4.69) is 4.98 Å². The topological polar surface area (TPSA) is 52.0 Å². The number of aromatic nitrogens is 2. The van der Waals surface area contributed by atoms with Gasteiger partial charge in [0.05, 0.1) is 23.8 Å². The molecule has 0 spiro atoms. The van der Waals surface area contributed by atoms with Gasteiger partial charge in [-0.25, -0.2) is 4.98 Å². The molecule has 4 nitrogen and oxygen atoms in total. The van der Waals surface area contributed by atoms with Crippen molar-refractivity contribution in [2.24, 2.45) is 0 Å². The van der Waals surface area contributed by atoms with Crippen LogP contribution >= 0.6 is 0 Å². The molecule has 4 heteroatoms. The number of para-hydroxylation sites is 1. The van der Waals surface area contributed by atoms with Crippen molar-refractivity contribution in [3.05, 3.63) is 40.9 Å². The highest BCUT2D eigenvalue weighted by molar-refractivity contribution is 5.77. The van der Waals surface area contributed by atoms with Gasteiger partial charge in [0.2, 0.25) is 0 Å². The molecule has 1 aromatic carbocycles. The Morgan fingerprint density at radius 3 is 2.93 bits per heavy atom. The van der Waals surface area contributed by atoms with Gasteiger partial charge in [-0.3, -0.25) is 9.36 Å². The third-order valence-electron chi connectivity index (χ3n) is 2.00. The fourth-order valence-corrected chi connectivity index (χ4v) is 1.32. The van der Waals surface area contributed by atoms with Crippen LogP contribution in [0.2, 0.25) is 0 Å². The Morgan fingerprint density at radius 2 is 2.14 bits per heavy atom. The van der Waals surface area contributed by atoms with E-state index in [1.54, 1.807) is 18.2 Å². The Morgan fingerprint density at radius 1 is 1.36 bits per heavy atom. The smallest absolute Gasteiger partial charge is 0.261 e. The first-order chi connectivity index (χ1) is 6.83. The molecule has 0 aliphatic carbocycles. The van der Waals surface area contributed by atoms with E-state index in [1.807, 2.05) is 6.07 Å². The molecule has 0 radical (unpaired) electrons. The fraction of sp³-hybridized carbons (Fsp3) is 0.100. The SMILES string of the molecule is O=CCn1cnc2ccccc2c1=O. The lowest BCUT2D eigenvalue weighted by molar-refractivity contribution is -0.108. The van der Waals surface area contributed by atoms with Crippen molar-refractivity contribution < 1.29 is 4.79 Å². The molecule has 0 bridgehead atoms. The molecule has 0 saturated heterocycles. The Hall–Kier alpha value is -1.97. The Kier molecular flexibility index (Phi) is 2.10. The third kappa shape index (κ3) is 1.31. The average Bonchev–Trinajstić information content (AvgIpc) is 2.23. The first-order valence-corrected chi connectivity index (χ1v) is 4.21. The molecule has 1 heterocycles. The highest BCUT2D eigenvalue weighted by atomic mass is 16.1. The molecule has 0 aliphatic rings. The maximum atomic E-state index is 11.7. The van der Waals surface area contributed by atoms with Crippen LogP contribution in [0, 0.1) is 0 Å². The van der Waals surface area contributed by atoms with E-state index < -0.39 is 0 Å². The summed E-state index contributed by atoms with van der Waals surface area (Å²) >= 11 is 0. The average molecular weight is 188 g/mol. The van der Waals surface area contributed by atoms with E-state index in [9.17, 15) is 9.59 Å². The largest absolute Gasteiger partial charge is 0.301 e. The minimum absolute atomic E-state index is 0.0522. The first-order valence-electron chi connectivity index (χ1n) is 4.21. The number of nitrogens with zero attached hydrogens (tertiary/aromatic N) is 2. The molecule has 0 atom stereocenters. The number of carbonyl (C=O) groups excluding carboxylic acids is 1. The molecular formula is C10H8N2O2. The lowest BCUT2D eigenvalue weighted by atomic mass is 10.2. The van der Waals surface area contributed by atoms with Gasteiger partial charge in [0.1, 0.15) is 6.29 Å². The summed E-state index contributed by atoms with van der Waals surface area (Å²) in [5.74, 6) is 0. The molecule has 0 amide bonds. The quantitative estimate of drug-likeness (QED) is 0.648. The Labute approximate surface area is 79.8 Å². The van der Waals surface area contributed by atoms with Gasteiger partial charge in [0.15, 0.2) is 0 Å². The summed E-state index contributed by atoms with van der Waals surface area (Å²) in [6.45, 7) is 0.0522. The number of benzene rings is 1. The monoisotopic (exact) mass is 188 g/mol. The molecule has 0 N–H and O–H groups in total. The number of aldehydes is 1. The molecule has 0 fully saturated rings. The zero-order valence-electron chi connectivity index (χ0n) is 7.38. The van der Waals surface area contributed by atoms with E-state index >= 15 is 0 Å². The number of carbonyl (C=O) groups is 1. The van der Waals surface area contributed by atoms with E-state index in [-0.39, 0.29) is 12.1 Å². The molecule has 1 aromatic heterocycles. The summed E-state index contributed by atoms with van der Waals surface area (Å²) < 4.78 is 1.29. The predicted octanol–water partition coefficient (Wildman–Crippen LogP) is 0.595. The van der Waals surface area contributed by atoms with Crippen LogP contribution in [0.1, 0.15) is 0 Å². The minimum atomic E-state index is -0.178. The van der Waals surface area contributed by atoms with E-state index in [0.29, 0.717) is 17.2 Å². The predicted molar refractivity (Wildman–Crippen MR) is 52.1 cm³/mol. The molecule has 2 rings (SSSR count). The lowest BCUT2D eigenvalue weighted by Crippen LogP contribution is -2.20. The van der Waals surface area contributed by atoms with Crippen LogP contribution in [0.4, 0.5) is 0 Å². The Bertz CT molecular complexity index is 531. The molecule has 0 saturated carbocycles. The van der Waals surface area contributed by atoms with Crippen molar-refractivity contribution in [1.82, 2.24) is 9.55 Å². The van der Waals surface area contributed by atoms with Crippen molar-refractivity contribution in [2.75, 3.05) is 0 Å². The summed E-state index contributed by atoms with van der Waals surface area (Å²) in [6, 6.07) is 7.06. The highest BCUT2D eigenvalue weighted by Crippen LogP contribution is 2.03. The van der Waals surface area contributed by atoms with Crippen molar-refractivity contribution >= 4 is 17.2 Å². The summed E-state index contributed by atoms with van der Waals surface area (Å²) in [4.78, 5) is 26.0. The maximum absolute atomic E-state index is 11.7. The van der Waals surface area contributed by atoms with Gasteiger partial charge in [-0.2, -0.15) is 0 Å². The molecule has 0 aliphatic heterocycles. The zero-order valence-corrected chi connectivity index (χ0v) is 7.38. The third-order valence-corrected chi connectivity index (χ3v) is 2.00. The van der Waals surface area contributed by atoms with Gasteiger partial charge in [-0.15, -0.1) is 0 Å². The lowest BCUT2D eigenvalue weighted by Gasteiger charge is -2.01. The van der Waals surface area contributed by atoms with Crippen molar-refractivity contribution in [1.29, 1.82) is 0 Å². The van der Waals surface area contributed by atoms with Crippen LogP contribution in [-0.2, 0) is 11.3 Å². The number of fused-ring (bicyclic) bond motifs is 1. The fourth-order valence-electron chi connectivity index (χ4n) is 1.32. The second-order valence-corrected chi connectivity index (χ2v) is 2.89. The van der Waals surface area contributed by atoms with Crippen LogP contribution < -0.4 is 5.56 Å². The van der Waals surface area contributed by atoms with E-state index in [0.717, 1.165) is 0 Å². The minimum Gasteiger partial charge on any atom is -0.301 e. The van der Waals surface area contributed by atoms with Gasteiger partial charge in [-0.1, -0.05) is 12.1 Å². The van der Waals surface area contributed by atoms with E-state index in [4.69, 9.17) is 0 Å². The van der Waals surface area contributed by atoms with Crippen LogP contribution in [0.3, 0.4) is 0 Å². The van der Waals surface area contributed by atoms with E-state index in [1.165, 1.54) is 10.9 Å². The molecule has 0 unspecified atom stereocenters. The molecule has 2 aromatic rings. The van der Waals surface area contributed by atoms with Gasteiger partial charge in [0, 0.05) is 0 Å². The summed E-state index contributed by atoms with van der Waals surface area (Å²) in [6.07, 6.45) is 2.07. The zero-order chi connectivity index (χ0) is 9.97. The molecule has 70 valence electrons. The van der Waals surface area contributed by atoms with Crippen LogP contribution in [0.25, 0.3) is 10.9 Å². The summed E-state index contributed by atoms with van der Waals surface area (Å²) in [7, 11) is 0. The van der Waals surface area contributed by atoms with Gasteiger partial charge in [-0.05, 0) is 12.1 Å². The maximum Gasteiger partial charge on any atom is 0.261 e. The van der Waals surface area contributed by atoms with Gasteiger partial charge < -0.3 is 4.79 Å². The first kappa shape index (κ1) is 8.62.